The smallest absolute Gasteiger partial charge is 0.171 e. The standard InChI is InChI=1S/C7H9IN2O/c1-3-6-7(8)5(4-11)9-10(6)2/h4H,3H2,1-2H3. The molecule has 0 spiro atoms. The Morgan fingerprint density at radius 3 is 2.64 bits per heavy atom. The van der Waals surface area contributed by atoms with Crippen molar-refractivity contribution in [2.45, 2.75) is 13.3 Å². The Morgan fingerprint density at radius 1 is 1.73 bits per heavy atom. The minimum atomic E-state index is 0.546. The molecular weight excluding hydrogens is 255 g/mol. The van der Waals surface area contributed by atoms with E-state index in [1.807, 2.05) is 14.0 Å². The number of rotatable bonds is 2. The third-order valence-electron chi connectivity index (χ3n) is 1.57. The van der Waals surface area contributed by atoms with E-state index >= 15 is 0 Å². The Kier molecular flexibility index (Phi) is 2.64. The first kappa shape index (κ1) is 8.70. The molecule has 0 radical (unpaired) electrons. The maximum absolute atomic E-state index is 10.4. The number of hydrogen-bond acceptors (Lipinski definition) is 2. The molecule has 0 saturated carbocycles. The predicted molar refractivity (Wildman–Crippen MR) is 50.7 cm³/mol. The molecule has 0 atom stereocenters. The quantitative estimate of drug-likeness (QED) is 0.597. The van der Waals surface area contributed by atoms with Crippen molar-refractivity contribution >= 4 is 28.9 Å². The number of aldehydes is 1. The van der Waals surface area contributed by atoms with Crippen molar-refractivity contribution in [2.24, 2.45) is 7.05 Å². The van der Waals surface area contributed by atoms with Crippen LogP contribution in [-0.4, -0.2) is 16.1 Å². The van der Waals surface area contributed by atoms with Crippen LogP contribution in [0.5, 0.6) is 0 Å². The molecule has 0 aromatic carbocycles. The largest absolute Gasteiger partial charge is 0.296 e. The second-order valence-corrected chi connectivity index (χ2v) is 3.32. The summed E-state index contributed by atoms with van der Waals surface area (Å²) < 4.78 is 2.73. The molecule has 0 aliphatic carbocycles. The normalized spacial score (nSPS) is 10.1. The fourth-order valence-corrected chi connectivity index (χ4v) is 1.98. The summed E-state index contributed by atoms with van der Waals surface area (Å²) in [6.07, 6.45) is 1.70. The number of aryl methyl sites for hydroxylation is 1. The maximum atomic E-state index is 10.4. The lowest BCUT2D eigenvalue weighted by Gasteiger charge is -1.95. The zero-order valence-corrected chi connectivity index (χ0v) is 8.62. The van der Waals surface area contributed by atoms with Crippen molar-refractivity contribution in [3.05, 3.63) is 15.0 Å². The Labute approximate surface area is 78.9 Å². The molecule has 1 heterocycles. The van der Waals surface area contributed by atoms with Gasteiger partial charge in [0.1, 0.15) is 5.69 Å². The van der Waals surface area contributed by atoms with Gasteiger partial charge in [-0.25, -0.2) is 0 Å². The van der Waals surface area contributed by atoms with Gasteiger partial charge >= 0.3 is 0 Å². The second-order valence-electron chi connectivity index (χ2n) is 2.24. The molecule has 1 rings (SSSR count). The van der Waals surface area contributed by atoms with E-state index in [-0.39, 0.29) is 0 Å². The third kappa shape index (κ3) is 1.45. The van der Waals surface area contributed by atoms with Gasteiger partial charge in [-0.2, -0.15) is 5.10 Å². The highest BCUT2D eigenvalue weighted by molar-refractivity contribution is 14.1. The lowest BCUT2D eigenvalue weighted by atomic mass is 10.3. The van der Waals surface area contributed by atoms with Crippen LogP contribution in [0.25, 0.3) is 0 Å². The number of aromatic nitrogens is 2. The predicted octanol–water partition coefficient (Wildman–Crippen LogP) is 1.40. The molecule has 0 unspecified atom stereocenters. The van der Waals surface area contributed by atoms with E-state index in [0.29, 0.717) is 5.69 Å². The molecule has 0 aliphatic heterocycles. The highest BCUT2D eigenvalue weighted by Crippen LogP contribution is 2.14. The second kappa shape index (κ2) is 3.34. The maximum Gasteiger partial charge on any atom is 0.171 e. The van der Waals surface area contributed by atoms with Crippen LogP contribution in [-0.2, 0) is 13.5 Å². The van der Waals surface area contributed by atoms with Crippen LogP contribution in [0.15, 0.2) is 0 Å². The van der Waals surface area contributed by atoms with E-state index in [4.69, 9.17) is 0 Å². The number of hydrogen-bond donors (Lipinski definition) is 0. The first-order chi connectivity index (χ1) is 5.20. The van der Waals surface area contributed by atoms with E-state index < -0.39 is 0 Å². The molecule has 0 fully saturated rings. The van der Waals surface area contributed by atoms with Gasteiger partial charge < -0.3 is 0 Å². The summed E-state index contributed by atoms with van der Waals surface area (Å²) >= 11 is 2.15. The number of carbonyl (C=O) groups is 1. The van der Waals surface area contributed by atoms with E-state index in [1.54, 1.807) is 4.68 Å². The molecule has 0 amide bonds. The lowest BCUT2D eigenvalue weighted by molar-refractivity contribution is 0.111. The molecule has 0 saturated heterocycles. The van der Waals surface area contributed by atoms with Crippen molar-refractivity contribution < 1.29 is 4.79 Å². The summed E-state index contributed by atoms with van der Waals surface area (Å²) in [5, 5.41) is 4.04. The Morgan fingerprint density at radius 2 is 2.36 bits per heavy atom. The van der Waals surface area contributed by atoms with Crippen LogP contribution in [0.2, 0.25) is 0 Å². The van der Waals surface area contributed by atoms with E-state index in [1.165, 1.54) is 0 Å². The lowest BCUT2D eigenvalue weighted by Crippen LogP contribution is -1.96. The first-order valence-corrected chi connectivity index (χ1v) is 4.45. The fraction of sp³-hybridized carbons (Fsp3) is 0.429. The zero-order valence-electron chi connectivity index (χ0n) is 6.47. The van der Waals surface area contributed by atoms with Gasteiger partial charge in [0.2, 0.25) is 0 Å². The summed E-state index contributed by atoms with van der Waals surface area (Å²) in [6, 6.07) is 0. The molecule has 60 valence electrons. The molecule has 0 N–H and O–H groups in total. The van der Waals surface area contributed by atoms with Crippen molar-refractivity contribution in [1.29, 1.82) is 0 Å². The molecular formula is C7H9IN2O. The van der Waals surface area contributed by atoms with Crippen LogP contribution in [0.1, 0.15) is 23.1 Å². The molecule has 4 heteroatoms. The van der Waals surface area contributed by atoms with Crippen LogP contribution in [0.3, 0.4) is 0 Å². The van der Waals surface area contributed by atoms with Gasteiger partial charge in [-0.1, -0.05) is 6.92 Å². The number of nitrogens with zero attached hydrogens (tertiary/aromatic N) is 2. The zero-order chi connectivity index (χ0) is 8.43. The van der Waals surface area contributed by atoms with Gasteiger partial charge in [0.05, 0.1) is 9.26 Å². The molecule has 3 nitrogen and oxygen atoms in total. The highest BCUT2D eigenvalue weighted by atomic mass is 127. The molecule has 1 aromatic rings. The van der Waals surface area contributed by atoms with E-state index in [9.17, 15) is 4.79 Å². The summed E-state index contributed by atoms with van der Waals surface area (Å²) in [4.78, 5) is 10.4. The molecule has 1 aromatic heterocycles. The summed E-state index contributed by atoms with van der Waals surface area (Å²) in [6.45, 7) is 2.05. The Bertz CT molecular complexity index is 280. The Hall–Kier alpha value is -0.390. The Balaban J connectivity index is 3.24. The van der Waals surface area contributed by atoms with Crippen molar-refractivity contribution in [2.75, 3.05) is 0 Å². The van der Waals surface area contributed by atoms with Crippen molar-refractivity contribution in [1.82, 2.24) is 9.78 Å². The molecule has 11 heavy (non-hydrogen) atoms. The van der Waals surface area contributed by atoms with Gasteiger partial charge in [-0.15, -0.1) is 0 Å². The van der Waals surface area contributed by atoms with Crippen LogP contribution < -0.4 is 0 Å². The number of carbonyl (C=O) groups excluding carboxylic acids is 1. The minimum Gasteiger partial charge on any atom is -0.296 e. The van der Waals surface area contributed by atoms with Crippen molar-refractivity contribution in [3.8, 4) is 0 Å². The molecule has 0 aliphatic rings. The molecule has 0 bridgehead atoms. The van der Waals surface area contributed by atoms with Crippen LogP contribution in [0, 0.1) is 3.57 Å². The minimum absolute atomic E-state index is 0.546. The van der Waals surface area contributed by atoms with Crippen LogP contribution >= 0.6 is 22.6 Å². The van der Waals surface area contributed by atoms with Gasteiger partial charge in [-0.3, -0.25) is 9.48 Å². The van der Waals surface area contributed by atoms with Crippen molar-refractivity contribution in [3.63, 3.8) is 0 Å². The third-order valence-corrected chi connectivity index (χ3v) is 2.75. The topological polar surface area (TPSA) is 34.9 Å². The average Bonchev–Trinajstić information content (AvgIpc) is 2.26. The summed E-state index contributed by atoms with van der Waals surface area (Å²) in [7, 11) is 1.86. The van der Waals surface area contributed by atoms with Gasteiger partial charge in [0.15, 0.2) is 6.29 Å². The summed E-state index contributed by atoms with van der Waals surface area (Å²) in [5.74, 6) is 0. The SMILES string of the molecule is CCc1c(I)c(C=O)nn1C. The van der Waals surface area contributed by atoms with E-state index in [2.05, 4.69) is 27.7 Å². The van der Waals surface area contributed by atoms with Gasteiger partial charge in [0, 0.05) is 7.05 Å². The van der Waals surface area contributed by atoms with Crippen LogP contribution in [0.4, 0.5) is 0 Å². The fourth-order valence-electron chi connectivity index (χ4n) is 1.02. The first-order valence-electron chi connectivity index (χ1n) is 3.37. The monoisotopic (exact) mass is 264 g/mol. The van der Waals surface area contributed by atoms with Gasteiger partial charge in [0.25, 0.3) is 0 Å². The van der Waals surface area contributed by atoms with E-state index in [0.717, 1.165) is 22.0 Å². The average molecular weight is 264 g/mol. The summed E-state index contributed by atoms with van der Waals surface area (Å²) in [5.41, 5.74) is 1.66. The van der Waals surface area contributed by atoms with Gasteiger partial charge in [-0.05, 0) is 29.0 Å². The highest BCUT2D eigenvalue weighted by Gasteiger charge is 2.10. The number of halogens is 1.